The molecule has 0 fully saturated rings. The standard InChI is InChI=1S/C23H28BrN5O2/c1-27-21(25)20(22(30)28(2)23(27)31)29(16-18-10-6-11-19(24)14-18)13-7-12-26-15-17-8-4-3-5-9-17/h3-6,8-11,14,26H,7,12-13,15-16,25H2,1-2H3. The molecular formula is C23H28BrN5O2. The normalized spacial score (nSPS) is 10.9. The van der Waals surface area contributed by atoms with Gasteiger partial charge < -0.3 is 16.0 Å². The molecule has 31 heavy (non-hydrogen) atoms. The van der Waals surface area contributed by atoms with Gasteiger partial charge in [0.2, 0.25) is 0 Å². The summed E-state index contributed by atoms with van der Waals surface area (Å²) in [5.41, 5.74) is 8.04. The van der Waals surface area contributed by atoms with E-state index in [-0.39, 0.29) is 11.4 Å². The Kier molecular flexibility index (Phi) is 7.70. The largest absolute Gasteiger partial charge is 0.383 e. The van der Waals surface area contributed by atoms with Crippen LogP contribution in [0.25, 0.3) is 0 Å². The zero-order chi connectivity index (χ0) is 22.4. The van der Waals surface area contributed by atoms with Crippen molar-refractivity contribution in [2.45, 2.75) is 19.5 Å². The second-order valence-corrected chi connectivity index (χ2v) is 8.42. The maximum absolute atomic E-state index is 12.9. The van der Waals surface area contributed by atoms with Gasteiger partial charge in [-0.15, -0.1) is 0 Å². The second kappa shape index (κ2) is 10.5. The summed E-state index contributed by atoms with van der Waals surface area (Å²) < 4.78 is 3.39. The highest BCUT2D eigenvalue weighted by molar-refractivity contribution is 9.10. The summed E-state index contributed by atoms with van der Waals surface area (Å²) in [6.45, 7) is 2.70. The number of rotatable bonds is 9. The molecule has 164 valence electrons. The number of nitrogens with zero attached hydrogens (tertiary/aromatic N) is 3. The van der Waals surface area contributed by atoms with Crippen LogP contribution in [0.1, 0.15) is 17.5 Å². The predicted molar refractivity (Wildman–Crippen MR) is 129 cm³/mol. The maximum Gasteiger partial charge on any atom is 0.332 e. The van der Waals surface area contributed by atoms with Gasteiger partial charge in [0.1, 0.15) is 11.5 Å². The molecule has 0 saturated carbocycles. The molecule has 0 amide bonds. The monoisotopic (exact) mass is 485 g/mol. The third-order valence-electron chi connectivity index (χ3n) is 5.22. The smallest absolute Gasteiger partial charge is 0.332 e. The summed E-state index contributed by atoms with van der Waals surface area (Å²) >= 11 is 3.50. The molecule has 0 atom stereocenters. The number of hydrogen-bond acceptors (Lipinski definition) is 5. The Labute approximate surface area is 190 Å². The van der Waals surface area contributed by atoms with E-state index >= 15 is 0 Å². The molecule has 0 unspecified atom stereocenters. The SMILES string of the molecule is Cn1c(N)c(N(CCCNCc2ccccc2)Cc2cccc(Br)c2)c(=O)n(C)c1=O. The van der Waals surface area contributed by atoms with Gasteiger partial charge in [0, 0.05) is 38.2 Å². The van der Waals surface area contributed by atoms with Crippen LogP contribution in [0.4, 0.5) is 11.5 Å². The van der Waals surface area contributed by atoms with E-state index in [1.807, 2.05) is 47.4 Å². The molecule has 0 spiro atoms. The molecule has 3 aromatic rings. The fourth-order valence-corrected chi connectivity index (χ4v) is 3.94. The number of nitrogen functional groups attached to an aromatic ring is 1. The first-order valence-electron chi connectivity index (χ1n) is 10.2. The fraction of sp³-hybridized carbons (Fsp3) is 0.304. The van der Waals surface area contributed by atoms with Gasteiger partial charge in [-0.25, -0.2) is 4.79 Å². The van der Waals surface area contributed by atoms with Gasteiger partial charge in [-0.1, -0.05) is 58.4 Å². The number of hydrogen-bond donors (Lipinski definition) is 2. The number of nitrogens with one attached hydrogen (secondary N) is 1. The molecule has 8 heteroatoms. The predicted octanol–water partition coefficient (Wildman–Crippen LogP) is 2.62. The van der Waals surface area contributed by atoms with E-state index in [1.54, 1.807) is 7.05 Å². The zero-order valence-corrected chi connectivity index (χ0v) is 19.4. The molecule has 0 aliphatic heterocycles. The van der Waals surface area contributed by atoms with Crippen molar-refractivity contribution in [1.29, 1.82) is 0 Å². The zero-order valence-electron chi connectivity index (χ0n) is 17.8. The van der Waals surface area contributed by atoms with Gasteiger partial charge in [0.05, 0.1) is 0 Å². The summed E-state index contributed by atoms with van der Waals surface area (Å²) in [7, 11) is 3.06. The third kappa shape index (κ3) is 5.65. The summed E-state index contributed by atoms with van der Waals surface area (Å²) in [5.74, 6) is 0.181. The highest BCUT2D eigenvalue weighted by atomic mass is 79.9. The molecule has 0 saturated heterocycles. The first-order chi connectivity index (χ1) is 14.9. The minimum atomic E-state index is -0.432. The Bertz CT molecular complexity index is 1140. The average molecular weight is 486 g/mol. The Morgan fingerprint density at radius 2 is 1.71 bits per heavy atom. The van der Waals surface area contributed by atoms with Crippen LogP contribution in [-0.4, -0.2) is 22.2 Å². The van der Waals surface area contributed by atoms with E-state index in [4.69, 9.17) is 5.73 Å². The van der Waals surface area contributed by atoms with E-state index in [0.717, 1.165) is 34.1 Å². The van der Waals surface area contributed by atoms with Crippen molar-refractivity contribution in [3.8, 4) is 0 Å². The number of benzene rings is 2. The molecule has 0 radical (unpaired) electrons. The Morgan fingerprint density at radius 1 is 1.00 bits per heavy atom. The maximum atomic E-state index is 12.9. The van der Waals surface area contributed by atoms with Crippen molar-refractivity contribution in [3.63, 3.8) is 0 Å². The van der Waals surface area contributed by atoms with Gasteiger partial charge in [-0.3, -0.25) is 13.9 Å². The highest BCUT2D eigenvalue weighted by Gasteiger charge is 2.20. The van der Waals surface area contributed by atoms with Crippen molar-refractivity contribution < 1.29 is 0 Å². The summed E-state index contributed by atoms with van der Waals surface area (Å²) in [6.07, 6.45) is 0.812. The Hall–Kier alpha value is -2.84. The lowest BCUT2D eigenvalue weighted by molar-refractivity contribution is 0.622. The van der Waals surface area contributed by atoms with E-state index < -0.39 is 5.69 Å². The van der Waals surface area contributed by atoms with E-state index in [9.17, 15) is 9.59 Å². The van der Waals surface area contributed by atoms with Gasteiger partial charge >= 0.3 is 5.69 Å². The molecule has 7 nitrogen and oxygen atoms in total. The van der Waals surface area contributed by atoms with E-state index in [0.29, 0.717) is 18.8 Å². The molecule has 3 rings (SSSR count). The van der Waals surface area contributed by atoms with Gasteiger partial charge in [0.25, 0.3) is 5.56 Å². The minimum Gasteiger partial charge on any atom is -0.383 e. The van der Waals surface area contributed by atoms with Gasteiger partial charge in [-0.2, -0.15) is 0 Å². The molecule has 0 bridgehead atoms. The van der Waals surface area contributed by atoms with Crippen LogP contribution in [0.2, 0.25) is 0 Å². The number of aromatic nitrogens is 2. The van der Waals surface area contributed by atoms with Crippen LogP contribution in [-0.2, 0) is 27.2 Å². The van der Waals surface area contributed by atoms with Crippen LogP contribution in [0.15, 0.2) is 68.7 Å². The van der Waals surface area contributed by atoms with Gasteiger partial charge in [0.15, 0.2) is 0 Å². The quantitative estimate of drug-likeness (QED) is 0.455. The first-order valence-corrected chi connectivity index (χ1v) is 11.0. The van der Waals surface area contributed by atoms with Crippen molar-refractivity contribution in [3.05, 3.63) is 91.0 Å². The van der Waals surface area contributed by atoms with E-state index in [2.05, 4.69) is 33.4 Å². The lowest BCUT2D eigenvalue weighted by Gasteiger charge is -2.27. The highest BCUT2D eigenvalue weighted by Crippen LogP contribution is 2.21. The topological polar surface area (TPSA) is 85.3 Å². The number of nitrogens with two attached hydrogens (primary N) is 1. The minimum absolute atomic E-state index is 0.181. The lowest BCUT2D eigenvalue weighted by Crippen LogP contribution is -2.43. The fourth-order valence-electron chi connectivity index (χ4n) is 3.49. The van der Waals surface area contributed by atoms with Crippen LogP contribution in [0.5, 0.6) is 0 Å². The summed E-state index contributed by atoms with van der Waals surface area (Å²) in [5, 5.41) is 3.44. The molecule has 2 aromatic carbocycles. The Morgan fingerprint density at radius 3 is 2.42 bits per heavy atom. The molecule has 0 aliphatic carbocycles. The number of anilines is 2. The second-order valence-electron chi connectivity index (χ2n) is 7.51. The summed E-state index contributed by atoms with van der Waals surface area (Å²) in [4.78, 5) is 27.1. The number of halogens is 1. The van der Waals surface area contributed by atoms with Crippen molar-refractivity contribution in [2.75, 3.05) is 23.7 Å². The van der Waals surface area contributed by atoms with Crippen LogP contribution in [0.3, 0.4) is 0 Å². The van der Waals surface area contributed by atoms with Crippen LogP contribution in [0, 0.1) is 0 Å². The summed E-state index contributed by atoms with van der Waals surface area (Å²) in [6, 6.07) is 18.2. The van der Waals surface area contributed by atoms with Gasteiger partial charge in [-0.05, 0) is 36.2 Å². The van der Waals surface area contributed by atoms with Crippen molar-refractivity contribution in [1.82, 2.24) is 14.5 Å². The molecule has 0 aliphatic rings. The Balaban J connectivity index is 1.79. The molecular weight excluding hydrogens is 458 g/mol. The molecule has 1 heterocycles. The first kappa shape index (κ1) is 22.8. The van der Waals surface area contributed by atoms with E-state index in [1.165, 1.54) is 17.2 Å². The van der Waals surface area contributed by atoms with Crippen molar-refractivity contribution in [2.24, 2.45) is 14.1 Å². The van der Waals surface area contributed by atoms with Crippen LogP contribution < -0.4 is 27.2 Å². The average Bonchev–Trinajstić information content (AvgIpc) is 2.77. The third-order valence-corrected chi connectivity index (χ3v) is 5.71. The molecule has 3 N–H and O–H groups in total. The molecule has 1 aromatic heterocycles. The van der Waals surface area contributed by atoms with Crippen molar-refractivity contribution >= 4 is 27.4 Å². The van der Waals surface area contributed by atoms with Crippen LogP contribution >= 0.6 is 15.9 Å². The lowest BCUT2D eigenvalue weighted by atomic mass is 10.2.